The fourth-order valence-electron chi connectivity index (χ4n) is 4.03. The number of nitrogens with zero attached hydrogens (tertiary/aromatic N) is 4. The van der Waals surface area contributed by atoms with Gasteiger partial charge in [0.05, 0.1) is 11.8 Å². The summed E-state index contributed by atoms with van der Waals surface area (Å²) in [6.45, 7) is 4.04. The van der Waals surface area contributed by atoms with Crippen LogP contribution in [-0.4, -0.2) is 39.5 Å². The monoisotopic (exact) mass is 425 g/mol. The summed E-state index contributed by atoms with van der Waals surface area (Å²) in [5, 5.41) is 13.8. The van der Waals surface area contributed by atoms with E-state index in [1.54, 1.807) is 0 Å². The smallest absolute Gasteiger partial charge is 0.231 e. The highest BCUT2D eigenvalue weighted by Gasteiger charge is 2.32. The van der Waals surface area contributed by atoms with Crippen LogP contribution in [0, 0.1) is 0 Å². The molecule has 5 rings (SSSR count). The van der Waals surface area contributed by atoms with Crippen LogP contribution >= 0.6 is 11.8 Å². The van der Waals surface area contributed by atoms with Crippen molar-refractivity contribution in [2.75, 3.05) is 23.7 Å². The highest BCUT2D eigenvalue weighted by Crippen LogP contribution is 2.41. The first-order valence-electron chi connectivity index (χ1n) is 10.8. The van der Waals surface area contributed by atoms with E-state index in [0.29, 0.717) is 11.8 Å². The largest absolute Gasteiger partial charge is 0.459 e. The van der Waals surface area contributed by atoms with Crippen LogP contribution in [0.4, 0.5) is 5.95 Å². The summed E-state index contributed by atoms with van der Waals surface area (Å²) < 4.78 is 8.13. The Balaban J connectivity index is 1.22. The number of fused-ring (bicyclic) bond motifs is 1. The lowest BCUT2D eigenvalue weighted by Gasteiger charge is -2.27. The van der Waals surface area contributed by atoms with Crippen molar-refractivity contribution >= 4 is 34.6 Å². The molecule has 7 nitrogen and oxygen atoms in total. The molecule has 1 saturated carbocycles. The molecule has 0 spiro atoms. The van der Waals surface area contributed by atoms with E-state index in [1.165, 1.54) is 43.9 Å². The molecule has 1 unspecified atom stereocenters. The molecule has 8 heteroatoms. The van der Waals surface area contributed by atoms with Crippen molar-refractivity contribution in [3.8, 4) is 0 Å². The SMILES string of the molecule is CC(NC(=O)CSc1nnc(N2CCCCC2)n1C1CC1)c1cc2ccccc2o1. The van der Waals surface area contributed by atoms with Crippen LogP contribution < -0.4 is 10.2 Å². The van der Waals surface area contributed by atoms with Gasteiger partial charge in [0.2, 0.25) is 11.9 Å². The molecule has 1 amide bonds. The standard InChI is InChI=1S/C22H27N5O2S/c1-15(19-13-16-7-3-4-8-18(16)29-19)23-20(28)14-30-22-25-24-21(27(22)17-9-10-17)26-11-5-2-6-12-26/h3-4,7-8,13,15,17H,2,5-6,9-12,14H2,1H3,(H,23,28). The lowest BCUT2D eigenvalue weighted by atomic mass is 10.1. The van der Waals surface area contributed by atoms with E-state index < -0.39 is 0 Å². The molecule has 3 heterocycles. The van der Waals surface area contributed by atoms with E-state index in [-0.39, 0.29) is 11.9 Å². The number of carbonyl (C=O) groups is 1. The third-order valence-electron chi connectivity index (χ3n) is 5.78. The van der Waals surface area contributed by atoms with Gasteiger partial charge in [-0.15, -0.1) is 10.2 Å². The summed E-state index contributed by atoms with van der Waals surface area (Å²) in [4.78, 5) is 14.9. The molecule has 3 aromatic rings. The quantitative estimate of drug-likeness (QED) is 0.568. The zero-order valence-electron chi connectivity index (χ0n) is 17.2. The van der Waals surface area contributed by atoms with Gasteiger partial charge in [-0.1, -0.05) is 30.0 Å². The Hall–Kier alpha value is -2.48. The number of piperidine rings is 1. The maximum absolute atomic E-state index is 12.6. The zero-order valence-corrected chi connectivity index (χ0v) is 18.0. The van der Waals surface area contributed by atoms with Crippen molar-refractivity contribution in [3.05, 3.63) is 36.1 Å². The normalized spacial score (nSPS) is 18.0. The number of benzene rings is 1. The van der Waals surface area contributed by atoms with E-state index in [9.17, 15) is 4.79 Å². The Bertz CT molecular complexity index is 1000. The molecule has 158 valence electrons. The Morgan fingerprint density at radius 1 is 1.23 bits per heavy atom. The first-order chi connectivity index (χ1) is 14.7. The summed E-state index contributed by atoms with van der Waals surface area (Å²) in [6, 6.07) is 10.2. The van der Waals surface area contributed by atoms with Gasteiger partial charge in [-0.25, -0.2) is 0 Å². The summed E-state index contributed by atoms with van der Waals surface area (Å²) in [6.07, 6.45) is 6.05. The van der Waals surface area contributed by atoms with Gasteiger partial charge in [0.25, 0.3) is 0 Å². The van der Waals surface area contributed by atoms with E-state index in [2.05, 4.69) is 25.0 Å². The summed E-state index contributed by atoms with van der Waals surface area (Å²) in [7, 11) is 0. The number of nitrogens with one attached hydrogen (secondary N) is 1. The number of thioether (sulfide) groups is 1. The summed E-state index contributed by atoms with van der Waals surface area (Å²) >= 11 is 1.47. The first kappa shape index (κ1) is 19.5. The average Bonchev–Trinajstić information content (AvgIpc) is 3.36. The maximum atomic E-state index is 12.6. The fraction of sp³-hybridized carbons (Fsp3) is 0.500. The molecule has 0 bridgehead atoms. The second kappa shape index (κ2) is 8.34. The average molecular weight is 426 g/mol. The number of hydrogen-bond donors (Lipinski definition) is 1. The number of furan rings is 1. The van der Waals surface area contributed by atoms with Gasteiger partial charge in [-0.3, -0.25) is 9.36 Å². The van der Waals surface area contributed by atoms with Gasteiger partial charge in [-0.2, -0.15) is 0 Å². The van der Waals surface area contributed by atoms with Gasteiger partial charge >= 0.3 is 0 Å². The number of hydrogen-bond acceptors (Lipinski definition) is 6. The lowest BCUT2D eigenvalue weighted by Crippen LogP contribution is -2.32. The predicted octanol–water partition coefficient (Wildman–Crippen LogP) is 4.32. The van der Waals surface area contributed by atoms with E-state index in [4.69, 9.17) is 4.42 Å². The second-order valence-electron chi connectivity index (χ2n) is 8.20. The number of anilines is 1. The third kappa shape index (κ3) is 4.05. The van der Waals surface area contributed by atoms with Crippen LogP contribution in [0.2, 0.25) is 0 Å². The molecule has 1 aliphatic carbocycles. The lowest BCUT2D eigenvalue weighted by molar-refractivity contribution is -0.119. The van der Waals surface area contributed by atoms with Gasteiger partial charge in [0.15, 0.2) is 5.16 Å². The van der Waals surface area contributed by atoms with Gasteiger partial charge in [0.1, 0.15) is 11.3 Å². The van der Waals surface area contributed by atoms with E-state index in [0.717, 1.165) is 40.9 Å². The topological polar surface area (TPSA) is 76.2 Å². The van der Waals surface area contributed by atoms with Crippen LogP contribution in [0.25, 0.3) is 11.0 Å². The van der Waals surface area contributed by atoms with Crippen LogP contribution in [0.3, 0.4) is 0 Å². The predicted molar refractivity (Wildman–Crippen MR) is 118 cm³/mol. The Morgan fingerprint density at radius 3 is 2.80 bits per heavy atom. The van der Waals surface area contributed by atoms with Crippen molar-refractivity contribution < 1.29 is 9.21 Å². The van der Waals surface area contributed by atoms with Crippen LogP contribution in [0.1, 0.15) is 56.9 Å². The molecule has 1 atom stereocenters. The molecular weight excluding hydrogens is 398 g/mol. The molecule has 2 aromatic heterocycles. The minimum Gasteiger partial charge on any atom is -0.459 e. The minimum atomic E-state index is -0.185. The molecule has 1 aromatic carbocycles. The van der Waals surface area contributed by atoms with Crippen LogP contribution in [0.15, 0.2) is 39.9 Å². The number of rotatable bonds is 7. The molecule has 2 fully saturated rings. The van der Waals surface area contributed by atoms with Crippen LogP contribution in [-0.2, 0) is 4.79 Å². The number of aromatic nitrogens is 3. The van der Waals surface area contributed by atoms with Crippen molar-refractivity contribution in [1.29, 1.82) is 0 Å². The van der Waals surface area contributed by atoms with Crippen molar-refractivity contribution in [2.45, 2.75) is 56.3 Å². The molecule has 30 heavy (non-hydrogen) atoms. The Morgan fingerprint density at radius 2 is 2.03 bits per heavy atom. The fourth-order valence-corrected chi connectivity index (χ4v) is 4.84. The number of para-hydroxylation sites is 1. The minimum absolute atomic E-state index is 0.0298. The molecule has 1 N–H and O–H groups in total. The zero-order chi connectivity index (χ0) is 20.5. The van der Waals surface area contributed by atoms with Gasteiger partial charge in [-0.05, 0) is 51.2 Å². The summed E-state index contributed by atoms with van der Waals surface area (Å²) in [5.74, 6) is 2.03. The van der Waals surface area contributed by atoms with Gasteiger partial charge in [0, 0.05) is 24.5 Å². The summed E-state index contributed by atoms with van der Waals surface area (Å²) in [5.41, 5.74) is 0.839. The molecule has 0 radical (unpaired) electrons. The molecule has 1 saturated heterocycles. The molecule has 2 aliphatic rings. The van der Waals surface area contributed by atoms with Crippen molar-refractivity contribution in [3.63, 3.8) is 0 Å². The van der Waals surface area contributed by atoms with Crippen molar-refractivity contribution in [1.82, 2.24) is 20.1 Å². The van der Waals surface area contributed by atoms with Crippen molar-refractivity contribution in [2.24, 2.45) is 0 Å². The highest BCUT2D eigenvalue weighted by molar-refractivity contribution is 7.99. The first-order valence-corrected chi connectivity index (χ1v) is 11.8. The van der Waals surface area contributed by atoms with Crippen LogP contribution in [0.5, 0.6) is 0 Å². The number of amides is 1. The maximum Gasteiger partial charge on any atom is 0.231 e. The second-order valence-corrected chi connectivity index (χ2v) is 9.14. The van der Waals surface area contributed by atoms with Gasteiger partial charge < -0.3 is 14.6 Å². The molecule has 1 aliphatic heterocycles. The van der Waals surface area contributed by atoms with E-state index in [1.807, 2.05) is 37.3 Å². The third-order valence-corrected chi connectivity index (χ3v) is 6.72. The highest BCUT2D eigenvalue weighted by atomic mass is 32.2. The number of carbonyl (C=O) groups excluding carboxylic acids is 1. The Labute approximate surface area is 180 Å². The Kier molecular flexibility index (Phi) is 5.41. The molecular formula is C22H27N5O2S. The van der Waals surface area contributed by atoms with E-state index >= 15 is 0 Å².